The van der Waals surface area contributed by atoms with Crippen LogP contribution < -0.4 is 18.9 Å². The molecule has 2 aliphatic heterocycles. The molecule has 0 bridgehead atoms. The van der Waals surface area contributed by atoms with E-state index in [1.165, 1.54) is 0 Å². The van der Waals surface area contributed by atoms with Crippen LogP contribution in [0.4, 0.5) is 0 Å². The van der Waals surface area contributed by atoms with Gasteiger partial charge >= 0.3 is 0 Å². The van der Waals surface area contributed by atoms with Crippen LogP contribution in [0.5, 0.6) is 23.0 Å². The molecule has 0 fully saturated rings. The molecule has 3 aromatic rings. The summed E-state index contributed by atoms with van der Waals surface area (Å²) < 4.78 is 22.6. The first kappa shape index (κ1) is 14.1. The predicted molar refractivity (Wildman–Crippen MR) is 94.9 cm³/mol. The van der Waals surface area contributed by atoms with Gasteiger partial charge in [0.1, 0.15) is 5.82 Å². The minimum absolute atomic E-state index is 0.234. The monoisotopic (exact) mass is 434 g/mol. The maximum absolute atomic E-state index is 5.50. The van der Waals surface area contributed by atoms with Crippen molar-refractivity contribution in [1.82, 2.24) is 9.97 Å². The first-order valence-electron chi connectivity index (χ1n) is 7.38. The number of hydrogen-bond donors (Lipinski definition) is 0. The first-order valence-corrected chi connectivity index (χ1v) is 8.90. The van der Waals surface area contributed by atoms with Crippen LogP contribution in [0.3, 0.4) is 0 Å². The van der Waals surface area contributed by atoms with Gasteiger partial charge in [-0.15, -0.1) is 0 Å². The third-order valence-electron chi connectivity index (χ3n) is 4.00. The molecular formula is C17H11IN2O4. The first-order chi connectivity index (χ1) is 11.8. The quantitative estimate of drug-likeness (QED) is 0.453. The second kappa shape index (κ2) is 5.37. The molecule has 0 atom stereocenters. The molecule has 1 aromatic heterocycles. The zero-order valence-corrected chi connectivity index (χ0v) is 14.6. The van der Waals surface area contributed by atoms with Crippen LogP contribution in [0.2, 0.25) is 0 Å². The van der Waals surface area contributed by atoms with Crippen molar-refractivity contribution in [2.75, 3.05) is 13.6 Å². The number of ether oxygens (including phenoxy) is 4. The summed E-state index contributed by atoms with van der Waals surface area (Å²) in [5.41, 5.74) is 2.65. The second-order valence-electron chi connectivity index (χ2n) is 5.41. The molecule has 3 heterocycles. The summed E-state index contributed by atoms with van der Waals surface area (Å²) in [5.74, 6) is 3.70. The Morgan fingerprint density at radius 1 is 0.833 bits per heavy atom. The van der Waals surface area contributed by atoms with Crippen molar-refractivity contribution < 1.29 is 18.9 Å². The third-order valence-corrected chi connectivity index (χ3v) is 4.68. The average molecular weight is 434 g/mol. The van der Waals surface area contributed by atoms with E-state index in [0.29, 0.717) is 0 Å². The molecule has 2 aromatic carbocycles. The lowest BCUT2D eigenvalue weighted by Gasteiger charge is -2.09. The Kier molecular flexibility index (Phi) is 3.15. The Labute approximate surface area is 150 Å². The Hall–Kier alpha value is -2.29. The normalized spacial score (nSPS) is 14.4. The number of benzene rings is 2. The zero-order chi connectivity index (χ0) is 16.1. The van der Waals surface area contributed by atoms with Gasteiger partial charge in [-0.2, -0.15) is 0 Å². The highest BCUT2D eigenvalue weighted by atomic mass is 127. The summed E-state index contributed by atoms with van der Waals surface area (Å²) in [4.78, 5) is 9.35. The van der Waals surface area contributed by atoms with Gasteiger partial charge in [0.05, 0.1) is 15.6 Å². The van der Waals surface area contributed by atoms with Crippen LogP contribution in [0.1, 0.15) is 5.82 Å². The number of halogens is 1. The fourth-order valence-corrected chi connectivity index (χ4v) is 3.23. The van der Waals surface area contributed by atoms with Crippen LogP contribution in [0.15, 0.2) is 30.3 Å². The van der Waals surface area contributed by atoms with Crippen LogP contribution >= 0.6 is 22.6 Å². The van der Waals surface area contributed by atoms with Gasteiger partial charge in [-0.3, -0.25) is 0 Å². The van der Waals surface area contributed by atoms with Gasteiger partial charge in [-0.25, -0.2) is 9.97 Å². The number of aromatic nitrogens is 2. The lowest BCUT2D eigenvalue weighted by molar-refractivity contribution is 0.173. The highest BCUT2D eigenvalue weighted by Gasteiger charge is 2.20. The average Bonchev–Trinajstić information content (AvgIpc) is 3.26. The summed E-state index contributed by atoms with van der Waals surface area (Å²) in [6.45, 7) is 0.485. The van der Waals surface area contributed by atoms with Crippen molar-refractivity contribution in [3.63, 3.8) is 0 Å². The Balaban J connectivity index is 1.77. The van der Waals surface area contributed by atoms with E-state index in [4.69, 9.17) is 23.9 Å². The molecule has 7 heteroatoms. The van der Waals surface area contributed by atoms with E-state index in [2.05, 4.69) is 27.6 Å². The maximum Gasteiger partial charge on any atom is 0.231 e. The minimum Gasteiger partial charge on any atom is -0.454 e. The molecule has 0 aliphatic carbocycles. The van der Waals surface area contributed by atoms with Crippen LogP contribution in [-0.2, 0) is 4.43 Å². The molecule has 6 nitrogen and oxygen atoms in total. The second-order valence-corrected chi connectivity index (χ2v) is 6.18. The number of fused-ring (bicyclic) bond motifs is 3. The molecule has 0 saturated carbocycles. The fraction of sp³-hybridized carbons (Fsp3) is 0.176. The van der Waals surface area contributed by atoms with Gasteiger partial charge in [-0.1, -0.05) is 22.6 Å². The van der Waals surface area contributed by atoms with Gasteiger partial charge in [-0.05, 0) is 24.3 Å². The predicted octanol–water partition coefficient (Wildman–Crippen LogP) is 3.69. The standard InChI is InChI=1S/C17H11IN2O4/c18-6-16-19-11-5-15-14(23-8-24-15)4-10(11)17(20-16)9-1-2-12-13(3-9)22-7-21-12/h1-5H,6-8H2. The topological polar surface area (TPSA) is 62.7 Å². The molecule has 0 spiro atoms. The molecule has 0 saturated heterocycles. The molecule has 24 heavy (non-hydrogen) atoms. The van der Waals surface area contributed by atoms with E-state index in [-0.39, 0.29) is 13.6 Å². The van der Waals surface area contributed by atoms with E-state index in [1.54, 1.807) is 0 Å². The summed E-state index contributed by atoms with van der Waals surface area (Å²) >= 11 is 2.26. The Morgan fingerprint density at radius 2 is 1.54 bits per heavy atom. The number of rotatable bonds is 2. The maximum atomic E-state index is 5.50. The summed E-state index contributed by atoms with van der Waals surface area (Å²) in [7, 11) is 0. The van der Waals surface area contributed by atoms with Crippen molar-refractivity contribution >= 4 is 33.5 Å². The van der Waals surface area contributed by atoms with Crippen molar-refractivity contribution in [2.45, 2.75) is 4.43 Å². The third kappa shape index (κ3) is 2.15. The van der Waals surface area contributed by atoms with Crippen molar-refractivity contribution in [1.29, 1.82) is 0 Å². The van der Waals surface area contributed by atoms with E-state index in [9.17, 15) is 0 Å². The molecule has 0 radical (unpaired) electrons. The minimum atomic E-state index is 0.234. The number of nitrogens with zero attached hydrogens (tertiary/aromatic N) is 2. The zero-order valence-electron chi connectivity index (χ0n) is 12.4. The van der Waals surface area contributed by atoms with Crippen LogP contribution in [0, 0.1) is 0 Å². The molecular weight excluding hydrogens is 423 g/mol. The lowest BCUT2D eigenvalue weighted by atomic mass is 10.0. The van der Waals surface area contributed by atoms with Gasteiger partial charge in [0.2, 0.25) is 13.6 Å². The Bertz CT molecular complexity index is 976. The van der Waals surface area contributed by atoms with Crippen LogP contribution in [-0.4, -0.2) is 23.6 Å². The lowest BCUT2D eigenvalue weighted by Crippen LogP contribution is -1.96. The van der Waals surface area contributed by atoms with E-state index in [0.717, 1.165) is 55.4 Å². The molecule has 2 aliphatic rings. The fourth-order valence-electron chi connectivity index (χ4n) is 2.89. The molecule has 0 amide bonds. The van der Waals surface area contributed by atoms with E-state index in [1.807, 2.05) is 30.3 Å². The summed E-state index contributed by atoms with van der Waals surface area (Å²) in [6.07, 6.45) is 0. The highest BCUT2D eigenvalue weighted by Crippen LogP contribution is 2.41. The smallest absolute Gasteiger partial charge is 0.231 e. The van der Waals surface area contributed by atoms with Crippen molar-refractivity contribution in [3.05, 3.63) is 36.2 Å². The number of hydrogen-bond acceptors (Lipinski definition) is 6. The largest absolute Gasteiger partial charge is 0.454 e. The van der Waals surface area contributed by atoms with Gasteiger partial charge in [0.25, 0.3) is 0 Å². The summed E-state index contributed by atoms with van der Waals surface area (Å²) in [5, 5.41) is 0.923. The van der Waals surface area contributed by atoms with Gasteiger partial charge < -0.3 is 18.9 Å². The van der Waals surface area contributed by atoms with Gasteiger partial charge in [0, 0.05) is 17.0 Å². The van der Waals surface area contributed by atoms with Crippen molar-refractivity contribution in [2.24, 2.45) is 0 Å². The van der Waals surface area contributed by atoms with E-state index >= 15 is 0 Å². The van der Waals surface area contributed by atoms with Crippen LogP contribution in [0.25, 0.3) is 22.2 Å². The van der Waals surface area contributed by atoms with Crippen molar-refractivity contribution in [3.8, 4) is 34.3 Å². The molecule has 0 unspecified atom stereocenters. The van der Waals surface area contributed by atoms with Gasteiger partial charge in [0.15, 0.2) is 23.0 Å². The van der Waals surface area contributed by atoms with E-state index < -0.39 is 0 Å². The molecule has 120 valence electrons. The highest BCUT2D eigenvalue weighted by molar-refractivity contribution is 14.1. The molecule has 5 rings (SSSR count). The SMILES string of the molecule is ICc1nc(-c2ccc3c(c2)OCO3)c2cc3c(cc2n1)OCO3. The Morgan fingerprint density at radius 3 is 2.33 bits per heavy atom. The molecule has 0 N–H and O–H groups in total. The summed E-state index contributed by atoms with van der Waals surface area (Å²) in [6, 6.07) is 9.69. The number of alkyl halides is 1.